The van der Waals surface area contributed by atoms with Gasteiger partial charge in [-0.25, -0.2) is 4.79 Å². The molecule has 4 aromatic carbocycles. The fourth-order valence-corrected chi connectivity index (χ4v) is 5.74. The lowest BCUT2D eigenvalue weighted by Crippen LogP contribution is -2.19. The minimum Gasteiger partial charge on any atom is -0.496 e. The first-order chi connectivity index (χ1) is 22.8. The Morgan fingerprint density at radius 2 is 1.39 bits per heavy atom. The fraction of sp³-hybridized carbons (Fsp3) is 0.257. The van der Waals surface area contributed by atoms with Crippen LogP contribution in [0.25, 0.3) is 22.3 Å². The summed E-state index contributed by atoms with van der Waals surface area (Å²) in [6, 6.07) is 13.5. The van der Waals surface area contributed by atoms with Crippen molar-refractivity contribution in [2.45, 2.75) is 44.9 Å². The molecule has 0 amide bonds. The average molecular weight is 696 g/mol. The van der Waals surface area contributed by atoms with Crippen LogP contribution in [0.4, 0.5) is 39.5 Å². The molecular weight excluding hydrogens is 669 g/mol. The monoisotopic (exact) mass is 695 g/mol. The number of aryl methyl sites for hydroxylation is 1. The van der Waals surface area contributed by atoms with Crippen LogP contribution >= 0.6 is 0 Å². The molecule has 0 unspecified atom stereocenters. The normalized spacial score (nSPS) is 16.7. The summed E-state index contributed by atoms with van der Waals surface area (Å²) in [5, 5.41) is 13.3. The molecule has 0 spiro atoms. The van der Waals surface area contributed by atoms with Crippen molar-refractivity contribution in [3.8, 4) is 28.0 Å². The molecule has 2 atom stereocenters. The summed E-state index contributed by atoms with van der Waals surface area (Å²) in [7, 11) is 1.36. The van der Waals surface area contributed by atoms with Crippen molar-refractivity contribution in [3.63, 3.8) is 0 Å². The molecule has 4 aromatic rings. The number of aromatic carboxylic acids is 1. The second-order valence-corrected chi connectivity index (χ2v) is 11.5. The van der Waals surface area contributed by atoms with Crippen LogP contribution in [-0.4, -0.2) is 23.9 Å². The smallest absolute Gasteiger partial charge is 0.416 e. The van der Waals surface area contributed by atoms with E-state index in [0.717, 1.165) is 12.1 Å². The Hall–Kier alpha value is -5.01. The molecule has 49 heavy (non-hydrogen) atoms. The van der Waals surface area contributed by atoms with Crippen LogP contribution in [0.5, 0.6) is 5.75 Å². The van der Waals surface area contributed by atoms with Gasteiger partial charge in [-0.15, -0.1) is 0 Å². The van der Waals surface area contributed by atoms with Gasteiger partial charge in [-0.1, -0.05) is 30.3 Å². The molecule has 0 fully saturated rings. The van der Waals surface area contributed by atoms with E-state index in [2.05, 4.69) is 5.16 Å². The molecule has 258 valence electrons. The zero-order chi connectivity index (χ0) is 36.1. The summed E-state index contributed by atoms with van der Waals surface area (Å²) in [4.78, 5) is 16.8. The van der Waals surface area contributed by atoms with Crippen molar-refractivity contribution in [1.29, 1.82) is 0 Å². The number of benzene rings is 4. The predicted octanol–water partition coefficient (Wildman–Crippen LogP) is 10.4. The van der Waals surface area contributed by atoms with E-state index < -0.39 is 58.8 Å². The highest BCUT2D eigenvalue weighted by Gasteiger charge is 2.40. The van der Waals surface area contributed by atoms with Crippen LogP contribution in [0.2, 0.25) is 0 Å². The SMILES string of the molecule is COc1ccc(-c2ccc(C(=O)O)cc2C)cc1-c1ccc(C(F)(F)F)cc1CC1=NO[C@@H](c2cc(C(F)(F)F)cc(C(F)(F)F)c2)[C@H]1C. The number of rotatable bonds is 7. The molecule has 5 nitrogen and oxygen atoms in total. The van der Waals surface area contributed by atoms with E-state index in [1.807, 2.05) is 0 Å². The van der Waals surface area contributed by atoms with Crippen molar-refractivity contribution in [3.05, 3.63) is 112 Å². The van der Waals surface area contributed by atoms with Crippen LogP contribution < -0.4 is 4.74 Å². The molecule has 14 heteroatoms. The van der Waals surface area contributed by atoms with Gasteiger partial charge in [0.15, 0.2) is 6.10 Å². The quantitative estimate of drug-likeness (QED) is 0.196. The number of nitrogens with zero attached hydrogens (tertiary/aromatic N) is 1. The molecule has 0 saturated heterocycles. The zero-order valence-electron chi connectivity index (χ0n) is 25.8. The number of halogens is 9. The van der Waals surface area contributed by atoms with Crippen LogP contribution in [0.1, 0.15) is 56.8 Å². The van der Waals surface area contributed by atoms with E-state index in [9.17, 15) is 49.4 Å². The molecule has 1 N–H and O–H groups in total. The Balaban J connectivity index is 1.57. The molecule has 1 aliphatic rings. The summed E-state index contributed by atoms with van der Waals surface area (Å²) in [5.74, 6) is -1.78. The summed E-state index contributed by atoms with van der Waals surface area (Å²) >= 11 is 0. The van der Waals surface area contributed by atoms with Gasteiger partial charge in [0.2, 0.25) is 0 Å². The minimum absolute atomic E-state index is 0.0106. The predicted molar refractivity (Wildman–Crippen MR) is 161 cm³/mol. The highest BCUT2D eigenvalue weighted by Crippen LogP contribution is 2.43. The van der Waals surface area contributed by atoms with Crippen molar-refractivity contribution < 1.29 is 59.0 Å². The number of alkyl halides is 9. The first kappa shape index (κ1) is 35.3. The lowest BCUT2D eigenvalue weighted by molar-refractivity contribution is -0.143. The first-order valence-electron chi connectivity index (χ1n) is 14.5. The summed E-state index contributed by atoms with van der Waals surface area (Å²) in [5.41, 5.74) is -1.80. The van der Waals surface area contributed by atoms with Gasteiger partial charge in [-0.2, -0.15) is 39.5 Å². The molecule has 0 bridgehead atoms. The maximum absolute atomic E-state index is 13.9. The Labute approximate surface area is 273 Å². The van der Waals surface area contributed by atoms with Gasteiger partial charge < -0.3 is 14.7 Å². The number of oxime groups is 1. The van der Waals surface area contributed by atoms with E-state index >= 15 is 0 Å². The van der Waals surface area contributed by atoms with Crippen molar-refractivity contribution in [1.82, 2.24) is 0 Å². The van der Waals surface area contributed by atoms with E-state index in [1.165, 1.54) is 32.2 Å². The summed E-state index contributed by atoms with van der Waals surface area (Å²) in [6.07, 6.45) is -16.6. The van der Waals surface area contributed by atoms with Crippen LogP contribution in [0.3, 0.4) is 0 Å². The van der Waals surface area contributed by atoms with E-state index in [1.54, 1.807) is 31.2 Å². The van der Waals surface area contributed by atoms with E-state index in [-0.39, 0.29) is 40.6 Å². The second-order valence-electron chi connectivity index (χ2n) is 11.5. The highest BCUT2D eigenvalue weighted by molar-refractivity contribution is 5.92. The van der Waals surface area contributed by atoms with Crippen molar-refractivity contribution >= 4 is 11.7 Å². The third kappa shape index (κ3) is 7.37. The lowest BCUT2D eigenvalue weighted by atomic mass is 9.86. The molecule has 0 saturated carbocycles. The number of carboxylic acid groups (broad SMARTS) is 1. The number of hydrogen-bond donors (Lipinski definition) is 1. The number of ether oxygens (including phenoxy) is 1. The Morgan fingerprint density at radius 1 is 0.776 bits per heavy atom. The highest BCUT2D eigenvalue weighted by atomic mass is 19.4. The Kier molecular flexibility index (Phi) is 9.21. The minimum atomic E-state index is -5.10. The topological polar surface area (TPSA) is 68.1 Å². The van der Waals surface area contributed by atoms with Crippen molar-refractivity contribution in [2.24, 2.45) is 11.1 Å². The summed E-state index contributed by atoms with van der Waals surface area (Å²) in [6.45, 7) is 3.15. The second kappa shape index (κ2) is 12.8. The van der Waals surface area contributed by atoms with E-state index in [4.69, 9.17) is 9.57 Å². The van der Waals surface area contributed by atoms with Gasteiger partial charge in [0.25, 0.3) is 0 Å². The number of carbonyl (C=O) groups is 1. The standard InChI is InChI=1S/C35H26F9NO4/c1-17-10-20(32(46)47)4-7-26(17)19-5-9-30(48-3)28(14-19)27-8-6-23(33(36,37)38)11-21(27)15-29-18(2)31(49-45-29)22-12-24(34(39,40)41)16-25(13-22)35(42,43)44/h4-14,16,18,31H,15H2,1-3H3,(H,46,47)/t18-,31+/m0/s1. The maximum Gasteiger partial charge on any atom is 0.416 e. The number of hydrogen-bond acceptors (Lipinski definition) is 4. The van der Waals surface area contributed by atoms with Crippen LogP contribution in [0.15, 0.2) is 78.0 Å². The third-order valence-electron chi connectivity index (χ3n) is 8.28. The molecule has 0 aliphatic carbocycles. The fourth-order valence-electron chi connectivity index (χ4n) is 5.74. The van der Waals surface area contributed by atoms with E-state index in [0.29, 0.717) is 34.4 Å². The average Bonchev–Trinajstić information content (AvgIpc) is 3.38. The van der Waals surface area contributed by atoms with Gasteiger partial charge in [0.1, 0.15) is 5.75 Å². The molecule has 0 aromatic heterocycles. The molecule has 1 heterocycles. The molecule has 1 aliphatic heterocycles. The van der Waals surface area contributed by atoms with Crippen molar-refractivity contribution in [2.75, 3.05) is 7.11 Å². The largest absolute Gasteiger partial charge is 0.496 e. The van der Waals surface area contributed by atoms with Gasteiger partial charge >= 0.3 is 24.5 Å². The lowest BCUT2D eigenvalue weighted by Gasteiger charge is -2.20. The molecule has 5 rings (SSSR count). The third-order valence-corrected chi connectivity index (χ3v) is 8.28. The number of methoxy groups -OCH3 is 1. The molecular formula is C35H26F9NO4. The zero-order valence-corrected chi connectivity index (χ0v) is 25.8. The Morgan fingerprint density at radius 3 is 1.94 bits per heavy atom. The number of carboxylic acids is 1. The maximum atomic E-state index is 13.9. The van der Waals surface area contributed by atoms with Gasteiger partial charge in [0.05, 0.1) is 35.1 Å². The van der Waals surface area contributed by atoms with Gasteiger partial charge in [0, 0.05) is 17.9 Å². The molecule has 0 radical (unpaired) electrons. The van der Waals surface area contributed by atoms with Crippen LogP contribution in [0, 0.1) is 12.8 Å². The first-order valence-corrected chi connectivity index (χ1v) is 14.5. The van der Waals surface area contributed by atoms with Crippen LogP contribution in [-0.2, 0) is 29.8 Å². The Bertz CT molecular complexity index is 1910. The van der Waals surface area contributed by atoms with Gasteiger partial charge in [-0.05, 0) is 94.9 Å². The van der Waals surface area contributed by atoms with Gasteiger partial charge in [-0.3, -0.25) is 0 Å². The summed E-state index contributed by atoms with van der Waals surface area (Å²) < 4.78 is 128.